The highest BCUT2D eigenvalue weighted by Crippen LogP contribution is 2.26. The van der Waals surface area contributed by atoms with Gasteiger partial charge in [-0.3, -0.25) is 4.79 Å². The Morgan fingerprint density at radius 1 is 1.07 bits per heavy atom. The molecule has 4 rings (SSSR count). The fourth-order valence-electron chi connectivity index (χ4n) is 3.43. The number of para-hydroxylation sites is 1. The molecule has 0 radical (unpaired) electrons. The van der Waals surface area contributed by atoms with Gasteiger partial charge in [0.25, 0.3) is 5.91 Å². The summed E-state index contributed by atoms with van der Waals surface area (Å²) in [4.78, 5) is 21.7. The van der Waals surface area contributed by atoms with Gasteiger partial charge in [-0.05, 0) is 37.0 Å². The Labute approximate surface area is 169 Å². The molecule has 1 amide bonds. The van der Waals surface area contributed by atoms with Crippen molar-refractivity contribution in [3.63, 3.8) is 0 Å². The van der Waals surface area contributed by atoms with Crippen LogP contribution in [0, 0.1) is 0 Å². The maximum atomic E-state index is 12.4. The second kappa shape index (κ2) is 8.43. The van der Waals surface area contributed by atoms with E-state index in [2.05, 4.69) is 39.6 Å². The SMILES string of the molecule is CC(C)c1cc(-c2cc(C(=O)Nc3ccccc3)on2)nc(NC2CCCC2)n1. The molecule has 1 aromatic carbocycles. The van der Waals surface area contributed by atoms with Gasteiger partial charge in [-0.1, -0.05) is 50.0 Å². The smallest absolute Gasteiger partial charge is 0.294 e. The largest absolute Gasteiger partial charge is 0.351 e. The lowest BCUT2D eigenvalue weighted by Gasteiger charge is -2.14. The predicted molar refractivity (Wildman–Crippen MR) is 112 cm³/mol. The third kappa shape index (κ3) is 4.62. The Morgan fingerprint density at radius 3 is 2.55 bits per heavy atom. The molecule has 0 unspecified atom stereocenters. The molecule has 1 aliphatic carbocycles. The lowest BCUT2D eigenvalue weighted by molar-refractivity contribution is 0.0988. The highest BCUT2D eigenvalue weighted by Gasteiger charge is 2.20. The van der Waals surface area contributed by atoms with E-state index in [9.17, 15) is 4.79 Å². The first-order valence-electron chi connectivity index (χ1n) is 10.1. The summed E-state index contributed by atoms with van der Waals surface area (Å²) in [5.41, 5.74) is 2.78. The maximum absolute atomic E-state index is 12.4. The molecular formula is C22H25N5O2. The number of hydrogen-bond acceptors (Lipinski definition) is 6. The van der Waals surface area contributed by atoms with Crippen LogP contribution in [0.4, 0.5) is 11.6 Å². The predicted octanol–water partition coefficient (Wildman–Crippen LogP) is 4.86. The van der Waals surface area contributed by atoms with Crippen molar-refractivity contribution in [1.82, 2.24) is 15.1 Å². The number of carbonyl (C=O) groups excluding carboxylic acids is 1. The van der Waals surface area contributed by atoms with Crippen LogP contribution in [0.5, 0.6) is 0 Å². The van der Waals surface area contributed by atoms with Gasteiger partial charge >= 0.3 is 0 Å². The quantitative estimate of drug-likeness (QED) is 0.623. The summed E-state index contributed by atoms with van der Waals surface area (Å²) >= 11 is 0. The lowest BCUT2D eigenvalue weighted by Crippen LogP contribution is -2.17. The van der Waals surface area contributed by atoms with Gasteiger partial charge in [0, 0.05) is 23.5 Å². The third-order valence-electron chi connectivity index (χ3n) is 5.05. The topological polar surface area (TPSA) is 92.9 Å². The molecule has 2 heterocycles. The maximum Gasteiger partial charge on any atom is 0.294 e. The van der Waals surface area contributed by atoms with Crippen LogP contribution in [0.3, 0.4) is 0 Å². The van der Waals surface area contributed by atoms with Crippen LogP contribution in [0.15, 0.2) is 47.0 Å². The number of carbonyl (C=O) groups is 1. The monoisotopic (exact) mass is 391 g/mol. The van der Waals surface area contributed by atoms with Crippen LogP contribution in [0.1, 0.15) is 61.7 Å². The molecule has 1 saturated carbocycles. The Balaban J connectivity index is 1.57. The van der Waals surface area contributed by atoms with Crippen molar-refractivity contribution in [2.75, 3.05) is 10.6 Å². The van der Waals surface area contributed by atoms with Crippen molar-refractivity contribution >= 4 is 17.5 Å². The average Bonchev–Trinajstić information content (AvgIpc) is 3.40. The van der Waals surface area contributed by atoms with Gasteiger partial charge in [0.05, 0.1) is 5.69 Å². The fourth-order valence-corrected chi connectivity index (χ4v) is 3.43. The molecule has 0 saturated heterocycles. The van der Waals surface area contributed by atoms with Gasteiger partial charge in [0.1, 0.15) is 5.69 Å². The van der Waals surface area contributed by atoms with E-state index in [1.54, 1.807) is 6.07 Å². The van der Waals surface area contributed by atoms with Crippen molar-refractivity contribution in [2.45, 2.75) is 51.5 Å². The van der Waals surface area contributed by atoms with Crippen molar-refractivity contribution < 1.29 is 9.32 Å². The minimum absolute atomic E-state index is 0.138. The number of nitrogens with one attached hydrogen (secondary N) is 2. The molecule has 0 aliphatic heterocycles. The van der Waals surface area contributed by atoms with E-state index >= 15 is 0 Å². The summed E-state index contributed by atoms with van der Waals surface area (Å²) in [5.74, 6) is 0.640. The molecule has 1 fully saturated rings. The number of anilines is 2. The Bertz CT molecular complexity index is 978. The zero-order valence-corrected chi connectivity index (χ0v) is 16.7. The number of rotatable bonds is 6. The van der Waals surface area contributed by atoms with E-state index in [4.69, 9.17) is 4.52 Å². The first-order valence-corrected chi connectivity index (χ1v) is 10.1. The van der Waals surface area contributed by atoms with E-state index in [0.29, 0.717) is 29.1 Å². The molecule has 29 heavy (non-hydrogen) atoms. The van der Waals surface area contributed by atoms with E-state index in [-0.39, 0.29) is 17.6 Å². The lowest BCUT2D eigenvalue weighted by atomic mass is 10.1. The van der Waals surface area contributed by atoms with Crippen molar-refractivity contribution in [1.29, 1.82) is 0 Å². The minimum Gasteiger partial charge on any atom is -0.351 e. The molecule has 2 aromatic heterocycles. The summed E-state index contributed by atoms with van der Waals surface area (Å²) in [6.45, 7) is 4.18. The van der Waals surface area contributed by atoms with Crippen molar-refractivity contribution in [3.05, 3.63) is 53.9 Å². The minimum atomic E-state index is -0.350. The Kier molecular flexibility index (Phi) is 5.55. The molecule has 0 atom stereocenters. The molecule has 0 spiro atoms. The van der Waals surface area contributed by atoms with Crippen molar-refractivity contribution in [2.24, 2.45) is 0 Å². The van der Waals surface area contributed by atoms with Crippen molar-refractivity contribution in [3.8, 4) is 11.4 Å². The molecule has 2 N–H and O–H groups in total. The van der Waals surface area contributed by atoms with Crippen LogP contribution in [-0.2, 0) is 0 Å². The number of nitrogens with zero attached hydrogens (tertiary/aromatic N) is 3. The van der Waals surface area contributed by atoms with Gasteiger partial charge in [-0.2, -0.15) is 0 Å². The highest BCUT2D eigenvalue weighted by molar-refractivity contribution is 6.02. The van der Waals surface area contributed by atoms with Crippen LogP contribution in [-0.4, -0.2) is 27.1 Å². The first kappa shape index (κ1) is 19.1. The Hall–Kier alpha value is -3.22. The normalized spacial score (nSPS) is 14.3. The van der Waals surface area contributed by atoms with Crippen LogP contribution in [0.2, 0.25) is 0 Å². The number of benzene rings is 1. The third-order valence-corrected chi connectivity index (χ3v) is 5.05. The molecule has 1 aliphatic rings. The molecule has 7 heteroatoms. The van der Waals surface area contributed by atoms with E-state index in [0.717, 1.165) is 18.5 Å². The summed E-state index contributed by atoms with van der Waals surface area (Å²) < 4.78 is 5.28. The van der Waals surface area contributed by atoms with Gasteiger partial charge in [-0.25, -0.2) is 9.97 Å². The number of aromatic nitrogens is 3. The summed E-state index contributed by atoms with van der Waals surface area (Å²) in [6.07, 6.45) is 4.74. The zero-order valence-electron chi connectivity index (χ0n) is 16.7. The van der Waals surface area contributed by atoms with Crippen LogP contribution < -0.4 is 10.6 Å². The standard InChI is InChI=1S/C22H25N5O2/c1-14(2)17-12-18(26-22(25-17)24-16-10-6-7-11-16)19-13-20(29-27-19)21(28)23-15-8-4-3-5-9-15/h3-5,8-9,12-14,16H,6-7,10-11H2,1-2H3,(H,23,28)(H,24,25,26). The number of amides is 1. The average molecular weight is 391 g/mol. The van der Waals surface area contributed by atoms with Gasteiger partial charge < -0.3 is 15.2 Å². The molecule has 0 bridgehead atoms. The van der Waals surface area contributed by atoms with Gasteiger partial charge in [0.2, 0.25) is 11.7 Å². The molecular weight excluding hydrogens is 366 g/mol. The van der Waals surface area contributed by atoms with E-state index in [1.165, 1.54) is 12.8 Å². The Morgan fingerprint density at radius 2 is 1.83 bits per heavy atom. The van der Waals surface area contributed by atoms with E-state index < -0.39 is 0 Å². The van der Waals surface area contributed by atoms with Gasteiger partial charge in [0.15, 0.2) is 0 Å². The second-order valence-corrected chi connectivity index (χ2v) is 7.68. The fraction of sp³-hybridized carbons (Fsp3) is 0.364. The molecule has 150 valence electrons. The second-order valence-electron chi connectivity index (χ2n) is 7.68. The highest BCUT2D eigenvalue weighted by atomic mass is 16.5. The van der Waals surface area contributed by atoms with E-state index in [1.807, 2.05) is 36.4 Å². The van der Waals surface area contributed by atoms with Crippen LogP contribution in [0.25, 0.3) is 11.4 Å². The summed E-state index contributed by atoms with van der Waals surface area (Å²) in [5, 5.41) is 10.3. The first-order chi connectivity index (χ1) is 14.1. The van der Waals surface area contributed by atoms with Gasteiger partial charge in [-0.15, -0.1) is 0 Å². The molecule has 7 nitrogen and oxygen atoms in total. The number of hydrogen-bond donors (Lipinski definition) is 2. The zero-order chi connectivity index (χ0) is 20.2. The molecule has 3 aromatic rings. The van der Waals surface area contributed by atoms with Crippen LogP contribution >= 0.6 is 0 Å². The summed E-state index contributed by atoms with van der Waals surface area (Å²) in [7, 11) is 0. The summed E-state index contributed by atoms with van der Waals surface area (Å²) in [6, 6.07) is 13.2.